The van der Waals surface area contributed by atoms with Crippen molar-refractivity contribution in [3.63, 3.8) is 0 Å². The van der Waals surface area contributed by atoms with E-state index in [1.807, 2.05) is 0 Å². The van der Waals surface area contributed by atoms with E-state index in [1.54, 1.807) is 0 Å². The second-order valence-electron chi connectivity index (χ2n) is 2.51. The summed E-state index contributed by atoms with van der Waals surface area (Å²) in [4.78, 5) is 0. The Hall–Kier alpha value is -0.950. The van der Waals surface area contributed by atoms with Gasteiger partial charge in [-0.25, -0.2) is 0 Å². The van der Waals surface area contributed by atoms with Crippen molar-refractivity contribution in [2.75, 3.05) is 5.32 Å². The van der Waals surface area contributed by atoms with Gasteiger partial charge in [0.05, 0.1) is 5.69 Å². The maximum Gasteiger partial charge on any atom is 0.387 e. The monoisotopic (exact) mass is 296 g/mol. The summed E-state index contributed by atoms with van der Waals surface area (Å²) in [5.41, 5.74) is 5.85. The van der Waals surface area contributed by atoms with Crippen molar-refractivity contribution in [3.8, 4) is 5.75 Å². The van der Waals surface area contributed by atoms with Gasteiger partial charge in [-0.05, 0) is 46.3 Å². The van der Waals surface area contributed by atoms with Crippen molar-refractivity contribution < 1.29 is 13.5 Å². The number of hydrogen-bond acceptors (Lipinski definition) is 2. The summed E-state index contributed by atoms with van der Waals surface area (Å²) in [6, 6.07) is 4.31. The van der Waals surface area contributed by atoms with Crippen LogP contribution in [0.2, 0.25) is 0 Å². The fraction of sp³-hybridized carbons (Fsp3) is 0.125. The lowest BCUT2D eigenvalue weighted by Crippen LogP contribution is -2.19. The molecule has 0 saturated heterocycles. The molecule has 15 heavy (non-hydrogen) atoms. The molecule has 0 amide bonds. The third-order valence-corrected chi connectivity index (χ3v) is 2.18. The number of nitrogens with two attached hydrogens (primary N) is 1. The van der Waals surface area contributed by atoms with Gasteiger partial charge in [0.15, 0.2) is 5.11 Å². The largest absolute Gasteiger partial charge is 0.435 e. The molecule has 0 aliphatic heterocycles. The van der Waals surface area contributed by atoms with E-state index in [0.29, 0.717) is 10.2 Å². The first-order chi connectivity index (χ1) is 6.99. The average molecular weight is 297 g/mol. The molecule has 0 fully saturated rings. The minimum absolute atomic E-state index is 0.0605. The maximum absolute atomic E-state index is 11.9. The molecule has 1 aromatic rings. The first-order valence-electron chi connectivity index (χ1n) is 3.80. The molecule has 0 aromatic heterocycles. The molecule has 0 aliphatic rings. The normalized spacial score (nSPS) is 10.1. The van der Waals surface area contributed by atoms with Gasteiger partial charge in [-0.15, -0.1) is 0 Å². The van der Waals surface area contributed by atoms with Gasteiger partial charge >= 0.3 is 6.61 Å². The van der Waals surface area contributed by atoms with Crippen LogP contribution in [0.3, 0.4) is 0 Å². The van der Waals surface area contributed by atoms with Crippen molar-refractivity contribution >= 4 is 38.9 Å². The van der Waals surface area contributed by atoms with Crippen LogP contribution >= 0.6 is 28.1 Å². The lowest BCUT2D eigenvalue weighted by Gasteiger charge is -2.09. The number of halogens is 3. The number of hydrogen-bond donors (Lipinski definition) is 2. The van der Waals surface area contributed by atoms with Gasteiger partial charge in [-0.3, -0.25) is 0 Å². The van der Waals surface area contributed by atoms with E-state index in [0.717, 1.165) is 0 Å². The minimum atomic E-state index is -2.84. The third-order valence-electron chi connectivity index (χ3n) is 1.42. The maximum atomic E-state index is 11.9. The Morgan fingerprint density at radius 1 is 1.53 bits per heavy atom. The third kappa shape index (κ3) is 3.96. The Bertz CT molecular complexity index is 376. The van der Waals surface area contributed by atoms with E-state index < -0.39 is 6.61 Å². The van der Waals surface area contributed by atoms with E-state index in [2.05, 4.69) is 38.2 Å². The van der Waals surface area contributed by atoms with Crippen molar-refractivity contribution in [2.24, 2.45) is 5.73 Å². The zero-order valence-corrected chi connectivity index (χ0v) is 9.74. The van der Waals surface area contributed by atoms with E-state index in [9.17, 15) is 8.78 Å². The van der Waals surface area contributed by atoms with Crippen LogP contribution in [-0.2, 0) is 0 Å². The average Bonchev–Trinajstić information content (AvgIpc) is 2.08. The standard InChI is InChI=1S/C8H7BrF2N2OS/c9-5-3-4(14-7(10)11)1-2-6(5)13-8(12)15/h1-3,7H,(H3,12,13,15). The fourth-order valence-corrected chi connectivity index (χ4v) is 1.47. The van der Waals surface area contributed by atoms with Gasteiger partial charge in [0.2, 0.25) is 0 Å². The van der Waals surface area contributed by atoms with E-state index >= 15 is 0 Å². The zero-order valence-electron chi connectivity index (χ0n) is 7.34. The number of nitrogens with one attached hydrogen (secondary N) is 1. The molecule has 3 N–H and O–H groups in total. The lowest BCUT2D eigenvalue weighted by molar-refractivity contribution is -0.0498. The smallest absolute Gasteiger partial charge is 0.387 e. The van der Waals surface area contributed by atoms with Crippen LogP contribution < -0.4 is 15.8 Å². The first kappa shape index (κ1) is 12.1. The van der Waals surface area contributed by atoms with Crippen LogP contribution in [0.15, 0.2) is 22.7 Å². The molecule has 3 nitrogen and oxygen atoms in total. The second-order valence-corrected chi connectivity index (χ2v) is 3.80. The minimum Gasteiger partial charge on any atom is -0.435 e. The highest BCUT2D eigenvalue weighted by atomic mass is 79.9. The number of alkyl halides is 2. The Balaban J connectivity index is 2.83. The fourth-order valence-electron chi connectivity index (χ4n) is 0.906. The molecular formula is C8H7BrF2N2OS. The number of rotatable bonds is 3. The summed E-state index contributed by atoms with van der Waals surface area (Å²) < 4.78 is 28.5. The van der Waals surface area contributed by atoms with Gasteiger partial charge in [0.25, 0.3) is 0 Å². The topological polar surface area (TPSA) is 47.3 Å². The highest BCUT2D eigenvalue weighted by Gasteiger charge is 2.07. The van der Waals surface area contributed by atoms with Crippen molar-refractivity contribution in [3.05, 3.63) is 22.7 Å². The summed E-state index contributed by atoms with van der Waals surface area (Å²) in [6.07, 6.45) is 0. The molecule has 0 heterocycles. The summed E-state index contributed by atoms with van der Waals surface area (Å²) in [6.45, 7) is -2.84. The second kappa shape index (κ2) is 5.22. The van der Waals surface area contributed by atoms with Crippen LogP contribution in [0.5, 0.6) is 5.75 Å². The van der Waals surface area contributed by atoms with Crippen molar-refractivity contribution in [2.45, 2.75) is 6.61 Å². The summed E-state index contributed by atoms with van der Waals surface area (Å²) in [5.74, 6) is 0.0605. The first-order valence-corrected chi connectivity index (χ1v) is 5.00. The number of benzene rings is 1. The highest BCUT2D eigenvalue weighted by Crippen LogP contribution is 2.27. The quantitative estimate of drug-likeness (QED) is 0.842. The number of anilines is 1. The van der Waals surface area contributed by atoms with E-state index in [-0.39, 0.29) is 10.9 Å². The van der Waals surface area contributed by atoms with Crippen LogP contribution in [-0.4, -0.2) is 11.7 Å². The molecule has 0 aliphatic carbocycles. The summed E-state index contributed by atoms with van der Waals surface area (Å²) in [7, 11) is 0. The van der Waals surface area contributed by atoms with Crippen LogP contribution in [0.25, 0.3) is 0 Å². The van der Waals surface area contributed by atoms with Gasteiger partial charge in [-0.1, -0.05) is 0 Å². The Labute approximate surface area is 98.7 Å². The number of thiocarbonyl (C=S) groups is 1. The summed E-state index contributed by atoms with van der Waals surface area (Å²) in [5, 5.41) is 2.77. The van der Waals surface area contributed by atoms with Crippen LogP contribution in [0, 0.1) is 0 Å². The predicted molar refractivity (Wildman–Crippen MR) is 61.2 cm³/mol. The number of ether oxygens (including phenoxy) is 1. The SMILES string of the molecule is NC(=S)Nc1ccc(OC(F)F)cc1Br. The molecule has 0 bridgehead atoms. The van der Waals surface area contributed by atoms with Gasteiger partial charge < -0.3 is 15.8 Å². The van der Waals surface area contributed by atoms with E-state index in [1.165, 1.54) is 18.2 Å². The molecule has 1 aromatic carbocycles. The molecule has 1 rings (SSSR count). The van der Waals surface area contributed by atoms with Crippen molar-refractivity contribution in [1.29, 1.82) is 0 Å². The Morgan fingerprint density at radius 2 is 2.20 bits per heavy atom. The molecule has 0 spiro atoms. The molecule has 0 radical (unpaired) electrons. The zero-order chi connectivity index (χ0) is 11.4. The molecular weight excluding hydrogens is 290 g/mol. The molecule has 82 valence electrons. The van der Waals surface area contributed by atoms with Crippen LogP contribution in [0.1, 0.15) is 0 Å². The van der Waals surface area contributed by atoms with Gasteiger partial charge in [-0.2, -0.15) is 8.78 Å². The molecule has 0 atom stereocenters. The van der Waals surface area contributed by atoms with E-state index in [4.69, 9.17) is 5.73 Å². The highest BCUT2D eigenvalue weighted by molar-refractivity contribution is 9.10. The van der Waals surface area contributed by atoms with Crippen molar-refractivity contribution in [1.82, 2.24) is 0 Å². The summed E-state index contributed by atoms with van der Waals surface area (Å²) >= 11 is 7.80. The predicted octanol–water partition coefficient (Wildman–Crippen LogP) is 2.71. The Kier molecular flexibility index (Phi) is 4.22. The van der Waals surface area contributed by atoms with Gasteiger partial charge in [0, 0.05) is 4.47 Å². The molecule has 7 heteroatoms. The van der Waals surface area contributed by atoms with Crippen LogP contribution in [0.4, 0.5) is 14.5 Å². The van der Waals surface area contributed by atoms with Gasteiger partial charge in [0.1, 0.15) is 5.75 Å². The lowest BCUT2D eigenvalue weighted by atomic mass is 10.3. The Morgan fingerprint density at radius 3 is 2.67 bits per heavy atom. The molecule has 0 saturated carbocycles. The molecule has 0 unspecified atom stereocenters.